The van der Waals surface area contributed by atoms with Crippen LogP contribution in [0.25, 0.3) is 6.08 Å². The number of piperidine rings is 1. The van der Waals surface area contributed by atoms with Crippen LogP contribution in [-0.4, -0.2) is 56.2 Å². The van der Waals surface area contributed by atoms with Crippen molar-refractivity contribution < 1.29 is 19.1 Å². The quantitative estimate of drug-likeness (QED) is 0.460. The molecule has 35 heavy (non-hydrogen) atoms. The number of amides is 2. The van der Waals surface area contributed by atoms with Crippen molar-refractivity contribution in [2.75, 3.05) is 33.4 Å². The van der Waals surface area contributed by atoms with Crippen molar-refractivity contribution in [3.63, 3.8) is 0 Å². The first-order chi connectivity index (χ1) is 17.0. The van der Waals surface area contributed by atoms with Crippen LogP contribution in [0.4, 0.5) is 0 Å². The number of benzene rings is 2. The third-order valence-corrected chi connectivity index (χ3v) is 7.27. The Morgan fingerprint density at radius 3 is 2.43 bits per heavy atom. The second-order valence-electron chi connectivity index (χ2n) is 9.74. The van der Waals surface area contributed by atoms with E-state index in [4.69, 9.17) is 9.47 Å². The molecule has 0 bridgehead atoms. The molecule has 2 aromatic rings. The average molecular weight is 477 g/mol. The zero-order valence-corrected chi connectivity index (χ0v) is 20.9. The van der Waals surface area contributed by atoms with Crippen LogP contribution < -0.4 is 5.32 Å². The lowest BCUT2D eigenvalue weighted by Crippen LogP contribution is -2.52. The molecule has 1 aliphatic carbocycles. The lowest BCUT2D eigenvalue weighted by atomic mass is 9.71. The molecule has 2 aromatic carbocycles. The summed E-state index contributed by atoms with van der Waals surface area (Å²) in [5.74, 6) is -0.0773. The number of hydrogen-bond acceptors (Lipinski definition) is 4. The summed E-state index contributed by atoms with van der Waals surface area (Å²) in [6, 6.07) is 18.0. The number of rotatable bonds is 8. The lowest BCUT2D eigenvalue weighted by molar-refractivity contribution is -0.130. The molecule has 2 atom stereocenters. The number of methoxy groups -OCH3 is 1. The highest BCUT2D eigenvalue weighted by atomic mass is 16.5. The molecule has 1 fully saturated rings. The third-order valence-electron chi connectivity index (χ3n) is 7.27. The SMILES string of the molecule is COCCO[C@H]1[C@H](NC(=O)C(C)C)c2ccccc2C12CCN(C(=O)C=Cc1ccccc1)CC2. The number of ether oxygens (including phenoxy) is 2. The Bertz CT molecular complexity index is 1040. The summed E-state index contributed by atoms with van der Waals surface area (Å²) in [7, 11) is 1.66. The summed E-state index contributed by atoms with van der Waals surface area (Å²) in [5, 5.41) is 3.26. The van der Waals surface area contributed by atoms with Crippen molar-refractivity contribution >= 4 is 17.9 Å². The molecule has 0 aromatic heterocycles. The van der Waals surface area contributed by atoms with Crippen LogP contribution in [0.3, 0.4) is 0 Å². The van der Waals surface area contributed by atoms with Gasteiger partial charge in [0.15, 0.2) is 0 Å². The van der Waals surface area contributed by atoms with Crippen molar-refractivity contribution in [3.05, 3.63) is 77.4 Å². The van der Waals surface area contributed by atoms with Gasteiger partial charge in [-0.3, -0.25) is 9.59 Å². The number of fused-ring (bicyclic) bond motifs is 2. The predicted molar refractivity (Wildman–Crippen MR) is 137 cm³/mol. The van der Waals surface area contributed by atoms with Gasteiger partial charge in [0.1, 0.15) is 0 Å². The van der Waals surface area contributed by atoms with Gasteiger partial charge in [-0.1, -0.05) is 68.4 Å². The van der Waals surface area contributed by atoms with Crippen LogP contribution in [0.2, 0.25) is 0 Å². The zero-order chi connectivity index (χ0) is 24.8. The first-order valence-corrected chi connectivity index (χ1v) is 12.5. The number of likely N-dealkylation sites (tertiary alicyclic amines) is 1. The highest BCUT2D eigenvalue weighted by Gasteiger charge is 2.54. The average Bonchev–Trinajstić information content (AvgIpc) is 3.12. The molecular formula is C29H36N2O4. The molecule has 2 amide bonds. The Kier molecular flexibility index (Phi) is 8.04. The third kappa shape index (κ3) is 5.34. The van der Waals surface area contributed by atoms with E-state index in [2.05, 4.69) is 23.5 Å². The summed E-state index contributed by atoms with van der Waals surface area (Å²) >= 11 is 0. The van der Waals surface area contributed by atoms with Gasteiger partial charge >= 0.3 is 0 Å². The maximum atomic E-state index is 12.9. The normalized spacial score (nSPS) is 21.0. The van der Waals surface area contributed by atoms with Gasteiger partial charge in [-0.15, -0.1) is 0 Å². The molecule has 1 spiro atoms. The molecule has 6 nitrogen and oxygen atoms in total. The number of carbonyl (C=O) groups excluding carboxylic acids is 2. The second-order valence-corrected chi connectivity index (χ2v) is 9.74. The highest BCUT2D eigenvalue weighted by molar-refractivity contribution is 5.91. The Hall–Kier alpha value is -2.96. The van der Waals surface area contributed by atoms with E-state index in [9.17, 15) is 9.59 Å². The number of nitrogens with zero attached hydrogens (tertiary/aromatic N) is 1. The van der Waals surface area contributed by atoms with E-state index in [1.807, 2.05) is 61.2 Å². The second kappa shape index (κ2) is 11.2. The molecular weight excluding hydrogens is 440 g/mol. The standard InChI is InChI=1S/C29H36N2O4/c1-21(2)28(33)30-26-23-11-7-8-12-24(23)29(27(26)35-20-19-34-3)15-17-31(18-16-29)25(32)14-13-22-9-5-4-6-10-22/h4-14,21,26-27H,15-20H2,1-3H3,(H,30,33)/t26-,27+/m1/s1. The Balaban J connectivity index is 1.56. The van der Waals surface area contributed by atoms with Crippen molar-refractivity contribution in [1.29, 1.82) is 0 Å². The molecule has 0 radical (unpaired) electrons. The summed E-state index contributed by atoms with van der Waals surface area (Å²) in [5.41, 5.74) is 3.09. The molecule has 186 valence electrons. The summed E-state index contributed by atoms with van der Waals surface area (Å²) < 4.78 is 11.7. The largest absolute Gasteiger partial charge is 0.382 e. The highest BCUT2D eigenvalue weighted by Crippen LogP contribution is 2.52. The topological polar surface area (TPSA) is 67.9 Å². The van der Waals surface area contributed by atoms with Gasteiger partial charge in [-0.25, -0.2) is 0 Å². The van der Waals surface area contributed by atoms with E-state index in [1.165, 1.54) is 5.56 Å². The molecule has 4 rings (SSSR count). The first-order valence-electron chi connectivity index (χ1n) is 12.5. The minimum atomic E-state index is -0.265. The van der Waals surface area contributed by atoms with Gasteiger partial charge in [-0.2, -0.15) is 0 Å². The van der Waals surface area contributed by atoms with Crippen LogP contribution in [0.5, 0.6) is 0 Å². The number of carbonyl (C=O) groups is 2. The van der Waals surface area contributed by atoms with Crippen molar-refractivity contribution in [1.82, 2.24) is 10.2 Å². The monoisotopic (exact) mass is 476 g/mol. The first kappa shape index (κ1) is 25.1. The Morgan fingerprint density at radius 1 is 1.06 bits per heavy atom. The van der Waals surface area contributed by atoms with Gasteiger partial charge in [0, 0.05) is 37.6 Å². The molecule has 2 aliphatic rings. The molecule has 1 N–H and O–H groups in total. The summed E-state index contributed by atoms with van der Waals surface area (Å²) in [6.07, 6.45) is 4.87. The fourth-order valence-electron chi connectivity index (χ4n) is 5.36. The van der Waals surface area contributed by atoms with Crippen molar-refractivity contribution in [3.8, 4) is 0 Å². The van der Waals surface area contributed by atoms with Gasteiger partial charge in [0.2, 0.25) is 11.8 Å². The smallest absolute Gasteiger partial charge is 0.246 e. The van der Waals surface area contributed by atoms with Crippen LogP contribution in [-0.2, 0) is 24.5 Å². The minimum Gasteiger partial charge on any atom is -0.382 e. The van der Waals surface area contributed by atoms with Gasteiger partial charge in [0.25, 0.3) is 0 Å². The summed E-state index contributed by atoms with van der Waals surface area (Å²) in [6.45, 7) is 6.03. The molecule has 0 unspecified atom stereocenters. The molecule has 0 saturated carbocycles. The van der Waals surface area contributed by atoms with E-state index in [1.54, 1.807) is 13.2 Å². The van der Waals surface area contributed by atoms with Gasteiger partial charge in [-0.05, 0) is 35.6 Å². The van der Waals surface area contributed by atoms with Gasteiger partial charge < -0.3 is 19.7 Å². The van der Waals surface area contributed by atoms with E-state index in [0.717, 1.165) is 24.0 Å². The molecule has 1 saturated heterocycles. The van der Waals surface area contributed by atoms with Crippen LogP contribution in [0.15, 0.2) is 60.7 Å². The fraction of sp³-hybridized carbons (Fsp3) is 0.448. The molecule has 6 heteroatoms. The van der Waals surface area contributed by atoms with Crippen molar-refractivity contribution in [2.24, 2.45) is 5.92 Å². The lowest BCUT2D eigenvalue weighted by Gasteiger charge is -2.44. The van der Waals surface area contributed by atoms with Crippen LogP contribution >= 0.6 is 0 Å². The number of nitrogens with one attached hydrogen (secondary N) is 1. The maximum Gasteiger partial charge on any atom is 0.246 e. The van der Waals surface area contributed by atoms with Crippen molar-refractivity contribution in [2.45, 2.75) is 44.2 Å². The van der Waals surface area contributed by atoms with Crippen LogP contribution in [0.1, 0.15) is 49.4 Å². The zero-order valence-electron chi connectivity index (χ0n) is 20.9. The van der Waals surface area contributed by atoms with E-state index >= 15 is 0 Å². The molecule has 1 heterocycles. The predicted octanol–water partition coefficient (Wildman–Crippen LogP) is 4.12. The molecule has 1 aliphatic heterocycles. The van der Waals surface area contributed by atoms with E-state index < -0.39 is 0 Å². The van der Waals surface area contributed by atoms with Crippen LogP contribution in [0, 0.1) is 5.92 Å². The van der Waals surface area contributed by atoms with E-state index in [-0.39, 0.29) is 35.3 Å². The fourth-order valence-corrected chi connectivity index (χ4v) is 5.36. The van der Waals surface area contributed by atoms with Gasteiger partial charge in [0.05, 0.1) is 25.4 Å². The summed E-state index contributed by atoms with van der Waals surface area (Å²) in [4.78, 5) is 27.6. The van der Waals surface area contributed by atoms with E-state index in [0.29, 0.717) is 26.3 Å². The maximum absolute atomic E-state index is 12.9. The Morgan fingerprint density at radius 2 is 1.74 bits per heavy atom. The Labute approximate surface area is 208 Å². The number of hydrogen-bond donors (Lipinski definition) is 1. The minimum absolute atomic E-state index is 0.0147.